The zero-order valence-electron chi connectivity index (χ0n) is 60.5. The number of allylic oxidation sites excluding steroid dienone is 1. The van der Waals surface area contributed by atoms with Gasteiger partial charge in [0, 0.05) is 107 Å². The lowest BCUT2D eigenvalue weighted by atomic mass is 9.44. The number of sulfone groups is 1. The highest BCUT2D eigenvalue weighted by Crippen LogP contribution is 2.66. The molecule has 0 aliphatic heterocycles. The van der Waals surface area contributed by atoms with Crippen molar-refractivity contribution >= 4 is 72.8 Å². The smallest absolute Gasteiger partial charge is 0.345 e. The van der Waals surface area contributed by atoms with Gasteiger partial charge in [-0.05, 0) is 162 Å². The van der Waals surface area contributed by atoms with Gasteiger partial charge in [-0.3, -0.25) is 28.8 Å². The first kappa shape index (κ1) is 76.2. The van der Waals surface area contributed by atoms with E-state index in [1.165, 1.54) is 5.57 Å². The fourth-order valence-corrected chi connectivity index (χ4v) is 18.1. The number of carbonyl (C=O) groups is 7. The van der Waals surface area contributed by atoms with Gasteiger partial charge in [-0.15, -0.1) is 0 Å². The average molecular weight is 1360 g/mol. The SMILES string of the molecule is CCCC[N+](C)(C)CCCS(=O)(=O)CCC[n+]1c2ccccc2c(C(=O)Oc2c(C)cc(C(=O)NCCC[N+](C)(CCCC)CCCNC(=O)CCCC(=O)NCCNC(=O)CCC3CC4=CC(=O)CC[C@]4(C)C4CC[C@]5(C)C(=O)CCC5C34)cc2C)c2cc(OC(C)C)ccc21. The molecule has 1 aromatic heterocycles. The Morgan fingerprint density at radius 3 is 1.94 bits per heavy atom. The van der Waals surface area contributed by atoms with Gasteiger partial charge in [0.05, 0.1) is 87.8 Å². The first-order valence-corrected chi connectivity index (χ1v) is 38.5. The number of aryl methyl sites for hydroxylation is 3. The first-order valence-electron chi connectivity index (χ1n) is 36.7. The lowest BCUT2D eigenvalue weighted by Gasteiger charge is -2.59. The molecule has 1 heterocycles. The normalized spacial score (nSPS) is 21.5. The molecular weight excluding hydrogens is 1240 g/mol. The van der Waals surface area contributed by atoms with Crippen molar-refractivity contribution in [2.24, 2.45) is 34.5 Å². The molecule has 0 saturated heterocycles. The molecule has 18 nitrogen and oxygen atoms in total. The van der Waals surface area contributed by atoms with Crippen LogP contribution in [0.25, 0.3) is 21.8 Å². The largest absolute Gasteiger partial charge is 0.491 e. The summed E-state index contributed by atoms with van der Waals surface area (Å²) in [7, 11) is 3.25. The van der Waals surface area contributed by atoms with Crippen molar-refractivity contribution in [1.29, 1.82) is 0 Å². The van der Waals surface area contributed by atoms with Gasteiger partial charge in [-0.25, -0.2) is 13.2 Å². The molecule has 4 aliphatic carbocycles. The Bertz CT molecular complexity index is 3620. The van der Waals surface area contributed by atoms with Crippen molar-refractivity contribution in [1.82, 2.24) is 21.3 Å². The molecule has 4 aliphatic rings. The van der Waals surface area contributed by atoms with E-state index < -0.39 is 15.8 Å². The second-order valence-electron chi connectivity index (χ2n) is 30.6. The van der Waals surface area contributed by atoms with E-state index in [0.29, 0.717) is 146 Å². The van der Waals surface area contributed by atoms with Crippen LogP contribution < -0.4 is 35.3 Å². The molecule has 97 heavy (non-hydrogen) atoms. The van der Waals surface area contributed by atoms with Crippen molar-refractivity contribution in [3.63, 3.8) is 0 Å². The lowest BCUT2D eigenvalue weighted by molar-refractivity contribution is -0.910. The number of ketones is 2. The van der Waals surface area contributed by atoms with Crippen LogP contribution in [-0.4, -0.2) is 156 Å². The Morgan fingerprint density at radius 2 is 1.26 bits per heavy atom. The predicted octanol–water partition coefficient (Wildman–Crippen LogP) is 11.4. The number of hydrogen-bond acceptors (Lipinski definition) is 11. The standard InChI is InChI=1S/C78H113N7O11S/c1-12-14-42-84(9,10)43-22-48-97(93,94)47-21-41-83-66-24-17-16-23-62(66)73(63-53-61(95-54(3)4)28-30-67(63)83)76(92)96-74-55(5)49-58(50-56(74)6)75(91)82-38-20-46-85(11,44-15-13-2)45-19-37-79-69(88)25-18-26-70(89)80-39-40-81-71(90)32-27-57-51-59-52-60(86)33-35-77(59,7)65-34-36-78(8)64(72(57)65)29-31-68(78)87/h16-17,23-24,28,30,49-50,52-54,57,64-65,72H,12-15,18-22,25-27,29,31-48,51H2,1-11H3,(H-3,79,80,81,82,88,89,90,91)/p+3/t57?,64?,65?,72?,77-,78-,85?/m0/s1. The summed E-state index contributed by atoms with van der Waals surface area (Å²) in [6.07, 6.45) is 16.3. The summed E-state index contributed by atoms with van der Waals surface area (Å²) >= 11 is 0. The number of hydrogen-bond donors (Lipinski definition) is 4. The summed E-state index contributed by atoms with van der Waals surface area (Å²) in [5.74, 6) is 1.99. The van der Waals surface area contributed by atoms with Crippen LogP contribution in [0, 0.1) is 48.3 Å². The molecule has 532 valence electrons. The maximum Gasteiger partial charge on any atom is 0.345 e. The molecule has 0 radical (unpaired) electrons. The number of fused-ring (bicyclic) bond motifs is 7. The van der Waals surface area contributed by atoms with Crippen LogP contribution >= 0.6 is 0 Å². The van der Waals surface area contributed by atoms with Gasteiger partial charge in [0.15, 0.2) is 22.2 Å². The number of para-hydroxylation sites is 1. The Kier molecular flexibility index (Phi) is 26.7. The predicted molar refractivity (Wildman–Crippen MR) is 383 cm³/mol. The van der Waals surface area contributed by atoms with Gasteiger partial charge in [-0.2, -0.15) is 4.57 Å². The molecular formula is C78H116N7O11S+3. The molecule has 3 fully saturated rings. The van der Waals surface area contributed by atoms with Crippen molar-refractivity contribution in [2.45, 2.75) is 196 Å². The fraction of sp³-hybridized carbons (Fsp3) is 0.641. The molecule has 4 N–H and O–H groups in total. The maximum atomic E-state index is 14.8. The van der Waals surface area contributed by atoms with Crippen LogP contribution in [0.5, 0.6) is 11.5 Å². The summed E-state index contributed by atoms with van der Waals surface area (Å²) in [5, 5.41) is 13.3. The van der Waals surface area contributed by atoms with Gasteiger partial charge < -0.3 is 39.7 Å². The number of nitrogens with zero attached hydrogens (tertiary/aromatic N) is 3. The van der Waals surface area contributed by atoms with Gasteiger partial charge in [0.1, 0.15) is 17.3 Å². The molecule has 19 heteroatoms. The third-order valence-corrected chi connectivity index (χ3v) is 24.1. The van der Waals surface area contributed by atoms with Gasteiger partial charge in [-0.1, -0.05) is 58.2 Å². The number of amides is 4. The monoisotopic (exact) mass is 1360 g/mol. The molecule has 4 amide bonds. The van der Waals surface area contributed by atoms with E-state index in [1.54, 1.807) is 12.1 Å². The topological polar surface area (TPSA) is 224 Å². The second-order valence-corrected chi connectivity index (χ2v) is 32.9. The molecule has 4 aromatic rings. The van der Waals surface area contributed by atoms with Crippen molar-refractivity contribution in [3.05, 3.63) is 88.5 Å². The molecule has 7 atom stereocenters. The molecule has 3 saturated carbocycles. The van der Waals surface area contributed by atoms with Crippen molar-refractivity contribution in [2.75, 3.05) is 91.6 Å². The van der Waals surface area contributed by atoms with Crippen LogP contribution in [0.1, 0.15) is 202 Å². The van der Waals surface area contributed by atoms with E-state index in [-0.39, 0.29) is 76.6 Å². The third-order valence-electron chi connectivity index (χ3n) is 22.2. The zero-order valence-corrected chi connectivity index (χ0v) is 61.3. The summed E-state index contributed by atoms with van der Waals surface area (Å²) in [4.78, 5) is 93.1. The number of benzene rings is 3. The number of esters is 1. The summed E-state index contributed by atoms with van der Waals surface area (Å²) < 4.78 is 43.0. The highest BCUT2D eigenvalue weighted by Gasteiger charge is 2.61. The van der Waals surface area contributed by atoms with E-state index in [0.717, 1.165) is 123 Å². The van der Waals surface area contributed by atoms with Gasteiger partial charge >= 0.3 is 5.97 Å². The Hall–Kier alpha value is -6.57. The van der Waals surface area contributed by atoms with E-state index in [2.05, 4.69) is 74.7 Å². The number of rotatable bonds is 37. The molecule has 3 aromatic carbocycles. The minimum Gasteiger partial charge on any atom is -0.491 e. The highest BCUT2D eigenvalue weighted by atomic mass is 32.2. The summed E-state index contributed by atoms with van der Waals surface area (Å²) in [5.41, 5.74) is 4.55. The minimum atomic E-state index is -3.30. The van der Waals surface area contributed by atoms with Crippen LogP contribution in [0.4, 0.5) is 0 Å². The van der Waals surface area contributed by atoms with E-state index in [4.69, 9.17) is 9.47 Å². The summed E-state index contributed by atoms with van der Waals surface area (Å²) in [6.45, 7) is 22.9. The Balaban J connectivity index is 0.755. The molecule has 0 bridgehead atoms. The lowest BCUT2D eigenvalue weighted by Crippen LogP contribution is -2.53. The van der Waals surface area contributed by atoms with Crippen LogP contribution in [0.15, 0.2) is 66.2 Å². The average Bonchev–Trinajstić information content (AvgIpc) is 1.71. The fourth-order valence-electron chi connectivity index (χ4n) is 16.8. The molecule has 0 spiro atoms. The number of nitrogens with one attached hydrogen (secondary N) is 4. The Morgan fingerprint density at radius 1 is 0.660 bits per heavy atom. The van der Waals surface area contributed by atoms with E-state index in [9.17, 15) is 42.0 Å². The number of Topliss-reactive ketones (excluding diaryl/α,β-unsaturated/α-hetero) is 1. The third kappa shape index (κ3) is 19.9. The first-order chi connectivity index (χ1) is 46.1. The molecule has 8 rings (SSSR count). The minimum absolute atomic E-state index is 0.0180. The number of carbonyl (C=O) groups excluding carboxylic acids is 7. The van der Waals surface area contributed by atoms with Crippen molar-refractivity contribution < 1.29 is 65.0 Å². The number of pyridine rings is 1. The number of quaternary nitrogens is 2. The Labute approximate surface area is 578 Å². The quantitative estimate of drug-likeness (QED) is 0.00830. The van der Waals surface area contributed by atoms with Crippen molar-refractivity contribution in [3.8, 4) is 11.5 Å². The van der Waals surface area contributed by atoms with Gasteiger partial charge in [0.25, 0.3) is 5.91 Å². The molecule has 5 unspecified atom stereocenters. The van der Waals surface area contributed by atoms with Crippen LogP contribution in [-0.2, 0) is 40.4 Å². The van der Waals surface area contributed by atoms with E-state index >= 15 is 0 Å². The summed E-state index contributed by atoms with van der Waals surface area (Å²) in [6, 6.07) is 16.8. The van der Waals surface area contributed by atoms with Crippen LogP contribution in [0.2, 0.25) is 0 Å². The number of ether oxygens (including phenoxy) is 2. The number of unbranched alkanes of at least 4 members (excludes halogenated alkanes) is 2. The van der Waals surface area contributed by atoms with E-state index in [1.807, 2.05) is 76.2 Å². The van der Waals surface area contributed by atoms with Crippen LogP contribution in [0.3, 0.4) is 0 Å². The maximum absolute atomic E-state index is 14.8. The zero-order chi connectivity index (χ0) is 70.3. The second kappa shape index (κ2) is 34.0. The van der Waals surface area contributed by atoms with Gasteiger partial charge in [0.2, 0.25) is 28.8 Å². The number of aromatic nitrogens is 1. The highest BCUT2D eigenvalue weighted by molar-refractivity contribution is 7.91.